The zero-order valence-electron chi connectivity index (χ0n) is 22.3. The molecule has 4 heterocycles. The molecule has 3 aliphatic rings. The maximum atomic E-state index is 14.8. The van der Waals surface area contributed by atoms with Crippen molar-refractivity contribution in [3.8, 4) is 11.4 Å². The molecule has 3 fully saturated rings. The van der Waals surface area contributed by atoms with Crippen molar-refractivity contribution in [1.82, 2.24) is 29.8 Å². The first-order valence-corrected chi connectivity index (χ1v) is 13.4. The molecule has 1 amide bonds. The number of hydrogen-bond acceptors (Lipinski definition) is 8. The summed E-state index contributed by atoms with van der Waals surface area (Å²) in [5.74, 6) is -0.813. The highest BCUT2D eigenvalue weighted by Crippen LogP contribution is 2.48. The lowest BCUT2D eigenvalue weighted by atomic mass is 10.0. The number of halogens is 3. The fraction of sp³-hybridized carbons (Fsp3) is 0.481. The Bertz CT molecular complexity index is 1380. The molecule has 40 heavy (non-hydrogen) atoms. The number of ether oxygens (including phenoxy) is 1. The standard InChI is InChI=1S/C27H31F3N8O2/c1-35(2)21-9-11-36-13-14-37(16-22(21)36)25-19(5-6-23(40-18-3-4-18)24(25)27(28,29)30)33-26(39)20-8-12-38(34-20)17-7-10-31-32-15-17/h5-8,10,12,15,18,21-22H,3-4,9,11,13-14,16H2,1-2H3,(H,33,39)/t21-,22+/m1/s1. The van der Waals surface area contributed by atoms with Gasteiger partial charge in [0.15, 0.2) is 5.69 Å². The largest absolute Gasteiger partial charge is 0.490 e. The Morgan fingerprint density at radius 3 is 2.60 bits per heavy atom. The third-order valence-electron chi connectivity index (χ3n) is 7.81. The van der Waals surface area contributed by atoms with Crippen LogP contribution in [0.4, 0.5) is 24.5 Å². The van der Waals surface area contributed by atoms with Crippen molar-refractivity contribution in [3.63, 3.8) is 0 Å². The Hall–Kier alpha value is -3.71. The number of nitrogens with zero attached hydrogens (tertiary/aromatic N) is 7. The normalized spacial score (nSPS) is 21.5. The molecule has 2 saturated heterocycles. The van der Waals surface area contributed by atoms with E-state index < -0.39 is 17.6 Å². The number of fused-ring (bicyclic) bond motifs is 1. The molecule has 1 N–H and O–H groups in total. The van der Waals surface area contributed by atoms with Crippen LogP contribution < -0.4 is 15.0 Å². The van der Waals surface area contributed by atoms with Crippen LogP contribution in [0.5, 0.6) is 5.75 Å². The third-order valence-corrected chi connectivity index (χ3v) is 7.81. The molecule has 1 aromatic carbocycles. The first-order chi connectivity index (χ1) is 19.2. The highest BCUT2D eigenvalue weighted by Gasteiger charge is 2.45. The lowest BCUT2D eigenvalue weighted by molar-refractivity contribution is -0.138. The lowest BCUT2D eigenvalue weighted by Gasteiger charge is -2.43. The van der Waals surface area contributed by atoms with Crippen LogP contribution in [0, 0.1) is 0 Å². The number of hydrogen-bond donors (Lipinski definition) is 1. The molecular formula is C27H31F3N8O2. The van der Waals surface area contributed by atoms with E-state index in [-0.39, 0.29) is 41.0 Å². The van der Waals surface area contributed by atoms with Gasteiger partial charge in [0.1, 0.15) is 11.3 Å². The zero-order chi connectivity index (χ0) is 28.0. The second-order valence-electron chi connectivity index (χ2n) is 10.7. The Balaban J connectivity index is 1.36. The molecule has 6 rings (SSSR count). The zero-order valence-corrected chi connectivity index (χ0v) is 22.3. The summed E-state index contributed by atoms with van der Waals surface area (Å²) >= 11 is 0. The molecule has 0 bridgehead atoms. The van der Waals surface area contributed by atoms with E-state index in [0.717, 1.165) is 25.8 Å². The van der Waals surface area contributed by atoms with Crippen molar-refractivity contribution < 1.29 is 22.7 Å². The van der Waals surface area contributed by atoms with E-state index >= 15 is 0 Å². The van der Waals surface area contributed by atoms with E-state index in [4.69, 9.17) is 4.74 Å². The maximum absolute atomic E-state index is 14.8. The molecule has 2 aliphatic heterocycles. The highest BCUT2D eigenvalue weighted by atomic mass is 19.4. The summed E-state index contributed by atoms with van der Waals surface area (Å²) in [7, 11) is 4.01. The third kappa shape index (κ3) is 5.22. The number of nitrogens with one attached hydrogen (secondary N) is 1. The van der Waals surface area contributed by atoms with Crippen molar-refractivity contribution in [1.29, 1.82) is 0 Å². The first-order valence-electron chi connectivity index (χ1n) is 13.4. The maximum Gasteiger partial charge on any atom is 0.422 e. The van der Waals surface area contributed by atoms with Crippen LogP contribution in [-0.4, -0.2) is 94.1 Å². The summed E-state index contributed by atoms with van der Waals surface area (Å²) in [5.41, 5.74) is -0.170. The van der Waals surface area contributed by atoms with E-state index in [0.29, 0.717) is 25.3 Å². The van der Waals surface area contributed by atoms with Gasteiger partial charge in [0.25, 0.3) is 5.91 Å². The summed E-state index contributed by atoms with van der Waals surface area (Å²) in [6.45, 7) is 2.36. The van der Waals surface area contributed by atoms with Crippen LogP contribution in [0.25, 0.3) is 5.69 Å². The minimum Gasteiger partial charge on any atom is -0.490 e. The minimum atomic E-state index is -4.69. The molecule has 1 saturated carbocycles. The number of anilines is 2. The predicted molar refractivity (Wildman–Crippen MR) is 142 cm³/mol. The van der Waals surface area contributed by atoms with Gasteiger partial charge in [-0.15, -0.1) is 0 Å². The molecule has 0 spiro atoms. The van der Waals surface area contributed by atoms with Gasteiger partial charge in [0, 0.05) is 44.5 Å². The topological polar surface area (TPSA) is 91.7 Å². The molecule has 2 aromatic heterocycles. The minimum absolute atomic E-state index is 0.0548. The van der Waals surface area contributed by atoms with Crippen molar-refractivity contribution in [3.05, 3.63) is 54.1 Å². The molecule has 0 unspecified atom stereocenters. The average molecular weight is 557 g/mol. The average Bonchev–Trinajstić information content (AvgIpc) is 3.42. The van der Waals surface area contributed by atoms with Gasteiger partial charge in [-0.1, -0.05) is 0 Å². The van der Waals surface area contributed by atoms with Crippen molar-refractivity contribution in [2.24, 2.45) is 0 Å². The van der Waals surface area contributed by atoms with E-state index in [1.54, 1.807) is 17.2 Å². The highest BCUT2D eigenvalue weighted by molar-refractivity contribution is 6.05. The van der Waals surface area contributed by atoms with Gasteiger partial charge < -0.3 is 19.9 Å². The second-order valence-corrected chi connectivity index (χ2v) is 10.7. The van der Waals surface area contributed by atoms with Gasteiger partial charge in [-0.3, -0.25) is 9.69 Å². The summed E-state index contributed by atoms with van der Waals surface area (Å²) in [5, 5.41) is 14.6. The molecule has 10 nitrogen and oxygen atoms in total. The molecule has 13 heteroatoms. The van der Waals surface area contributed by atoms with E-state index in [9.17, 15) is 18.0 Å². The number of piperazine rings is 1. The number of carbonyl (C=O) groups excluding carboxylic acids is 1. The van der Waals surface area contributed by atoms with Crippen LogP contribution in [0.1, 0.15) is 35.3 Å². The fourth-order valence-electron chi connectivity index (χ4n) is 5.72. The van der Waals surface area contributed by atoms with Crippen molar-refractivity contribution in [2.45, 2.75) is 43.6 Å². The molecule has 0 radical (unpaired) electrons. The summed E-state index contributed by atoms with van der Waals surface area (Å²) < 4.78 is 51.5. The number of likely N-dealkylation sites (N-methyl/N-ethyl adjacent to an activating group) is 1. The number of benzene rings is 1. The monoisotopic (exact) mass is 556 g/mol. The van der Waals surface area contributed by atoms with E-state index in [1.165, 1.54) is 35.3 Å². The Labute approximate surface area is 229 Å². The van der Waals surface area contributed by atoms with Crippen molar-refractivity contribution in [2.75, 3.05) is 50.5 Å². The van der Waals surface area contributed by atoms with Gasteiger partial charge in [0.05, 0.1) is 35.6 Å². The number of rotatable bonds is 7. The van der Waals surface area contributed by atoms with Crippen LogP contribution in [0.3, 0.4) is 0 Å². The molecule has 1 aliphatic carbocycles. The lowest BCUT2D eigenvalue weighted by Crippen LogP contribution is -2.56. The van der Waals surface area contributed by atoms with Gasteiger partial charge in [0.2, 0.25) is 0 Å². The van der Waals surface area contributed by atoms with Crippen LogP contribution in [-0.2, 0) is 6.18 Å². The summed E-state index contributed by atoms with van der Waals surface area (Å²) in [4.78, 5) is 19.5. The molecular weight excluding hydrogens is 525 g/mol. The molecule has 3 aromatic rings. The van der Waals surface area contributed by atoms with Crippen LogP contribution in [0.15, 0.2) is 42.9 Å². The van der Waals surface area contributed by atoms with E-state index in [2.05, 4.69) is 30.4 Å². The van der Waals surface area contributed by atoms with Gasteiger partial charge in [-0.05, 0) is 57.6 Å². The second kappa shape index (κ2) is 10.4. The first kappa shape index (κ1) is 26.5. The Kier molecular flexibility index (Phi) is 6.87. The Morgan fingerprint density at radius 1 is 1.07 bits per heavy atom. The van der Waals surface area contributed by atoms with Crippen LogP contribution in [0.2, 0.25) is 0 Å². The summed E-state index contributed by atoms with van der Waals surface area (Å²) in [6, 6.07) is 6.31. The number of carbonyl (C=O) groups is 1. The smallest absolute Gasteiger partial charge is 0.422 e. The SMILES string of the molecule is CN(C)[C@@H]1CCN2CCN(c3c(NC(=O)c4ccn(-c5ccnnc5)n4)ccc(OC4CC4)c3C(F)(F)F)C[C@@H]12. The quantitative estimate of drug-likeness (QED) is 0.474. The van der Waals surface area contributed by atoms with Gasteiger partial charge in [-0.25, -0.2) is 4.68 Å². The number of alkyl halides is 3. The van der Waals surface area contributed by atoms with E-state index in [1.807, 2.05) is 14.1 Å². The van der Waals surface area contributed by atoms with Crippen molar-refractivity contribution >= 4 is 17.3 Å². The predicted octanol–water partition coefficient (Wildman–Crippen LogP) is 3.30. The van der Waals surface area contributed by atoms with Gasteiger partial charge >= 0.3 is 6.18 Å². The van der Waals surface area contributed by atoms with Crippen LogP contribution >= 0.6 is 0 Å². The Morgan fingerprint density at radius 2 is 1.90 bits per heavy atom. The van der Waals surface area contributed by atoms with Gasteiger partial charge in [-0.2, -0.15) is 28.5 Å². The number of aromatic nitrogens is 4. The molecule has 212 valence electrons. The summed E-state index contributed by atoms with van der Waals surface area (Å²) in [6.07, 6.45) is 2.08. The molecule has 2 atom stereocenters. The number of amides is 1. The fourth-order valence-corrected chi connectivity index (χ4v) is 5.72.